The molecule has 2 heterocycles. The number of nitrogens with zero attached hydrogens (tertiary/aromatic N) is 4. The van der Waals surface area contributed by atoms with Crippen LogP contribution in [0.1, 0.15) is 36.5 Å². The quantitative estimate of drug-likeness (QED) is 0.869. The summed E-state index contributed by atoms with van der Waals surface area (Å²) in [6.45, 7) is 5.04. The molecule has 0 saturated heterocycles. The monoisotopic (exact) mass is 245 g/mol. The van der Waals surface area contributed by atoms with Crippen LogP contribution in [0.2, 0.25) is 0 Å². The molecule has 0 aromatic carbocycles. The molecule has 1 unspecified atom stereocenters. The highest BCUT2D eigenvalue weighted by Gasteiger charge is 2.12. The van der Waals surface area contributed by atoms with E-state index < -0.39 is 0 Å². The van der Waals surface area contributed by atoms with E-state index >= 15 is 0 Å². The molecule has 2 aromatic heterocycles. The van der Waals surface area contributed by atoms with Crippen LogP contribution in [0.4, 0.5) is 0 Å². The maximum absolute atomic E-state index is 6.18. The van der Waals surface area contributed by atoms with Gasteiger partial charge in [0.25, 0.3) is 0 Å². The number of rotatable bonds is 5. The van der Waals surface area contributed by atoms with Gasteiger partial charge in [-0.2, -0.15) is 5.10 Å². The fourth-order valence-corrected chi connectivity index (χ4v) is 1.91. The largest absolute Gasteiger partial charge is 0.322 e. The van der Waals surface area contributed by atoms with Crippen molar-refractivity contribution >= 4 is 0 Å². The van der Waals surface area contributed by atoms with Crippen LogP contribution in [-0.2, 0) is 13.0 Å². The summed E-state index contributed by atoms with van der Waals surface area (Å²) in [4.78, 5) is 8.58. The molecule has 1 atom stereocenters. The van der Waals surface area contributed by atoms with E-state index in [0.29, 0.717) is 6.42 Å². The first kappa shape index (κ1) is 12.7. The summed E-state index contributed by atoms with van der Waals surface area (Å²) in [6.07, 6.45) is 5.08. The molecular formula is C13H19N5. The number of pyridine rings is 1. The number of nitrogens with two attached hydrogens (primary N) is 1. The minimum absolute atomic E-state index is 0.135. The lowest BCUT2D eigenvalue weighted by Crippen LogP contribution is -2.18. The van der Waals surface area contributed by atoms with E-state index in [1.807, 2.05) is 23.7 Å². The molecule has 2 aromatic rings. The van der Waals surface area contributed by atoms with Gasteiger partial charge in [-0.1, -0.05) is 6.92 Å². The highest BCUT2D eigenvalue weighted by atomic mass is 15.3. The van der Waals surface area contributed by atoms with Gasteiger partial charge in [0.15, 0.2) is 0 Å². The van der Waals surface area contributed by atoms with Crippen molar-refractivity contribution < 1.29 is 0 Å². The van der Waals surface area contributed by atoms with Crippen molar-refractivity contribution in [3.63, 3.8) is 0 Å². The zero-order chi connectivity index (χ0) is 13.0. The first-order valence-electron chi connectivity index (χ1n) is 6.25. The van der Waals surface area contributed by atoms with Crippen LogP contribution >= 0.6 is 0 Å². The summed E-state index contributed by atoms with van der Waals surface area (Å²) in [5, 5.41) is 4.20. The SMILES string of the molecule is CCCn1ncnc1CC(N)c1cc(C)ccn1. The van der Waals surface area contributed by atoms with Gasteiger partial charge in [-0.25, -0.2) is 4.98 Å². The molecule has 0 aliphatic heterocycles. The maximum atomic E-state index is 6.18. The van der Waals surface area contributed by atoms with E-state index in [2.05, 4.69) is 22.0 Å². The average Bonchev–Trinajstić information content (AvgIpc) is 2.77. The Labute approximate surface area is 107 Å². The van der Waals surface area contributed by atoms with Gasteiger partial charge in [0.2, 0.25) is 0 Å². The number of aryl methyl sites for hydroxylation is 2. The number of hydrogen-bond donors (Lipinski definition) is 1. The summed E-state index contributed by atoms with van der Waals surface area (Å²) in [6, 6.07) is 3.85. The molecule has 0 fully saturated rings. The molecule has 0 radical (unpaired) electrons. The van der Waals surface area contributed by atoms with Gasteiger partial charge in [-0.05, 0) is 31.0 Å². The first-order valence-corrected chi connectivity index (χ1v) is 6.25. The topological polar surface area (TPSA) is 69.6 Å². The summed E-state index contributed by atoms with van der Waals surface area (Å²) >= 11 is 0. The Bertz CT molecular complexity index is 506. The average molecular weight is 245 g/mol. The molecule has 0 saturated carbocycles. The third-order valence-electron chi connectivity index (χ3n) is 2.85. The van der Waals surface area contributed by atoms with Gasteiger partial charge >= 0.3 is 0 Å². The molecule has 2 rings (SSSR count). The molecule has 5 heteroatoms. The Morgan fingerprint density at radius 3 is 2.94 bits per heavy atom. The summed E-state index contributed by atoms with van der Waals surface area (Å²) in [7, 11) is 0. The molecule has 0 aliphatic carbocycles. The van der Waals surface area contributed by atoms with Crippen molar-refractivity contribution in [3.05, 3.63) is 41.7 Å². The molecule has 0 spiro atoms. The van der Waals surface area contributed by atoms with E-state index in [1.54, 1.807) is 12.5 Å². The molecule has 5 nitrogen and oxygen atoms in total. The van der Waals surface area contributed by atoms with Crippen LogP contribution < -0.4 is 5.73 Å². The molecule has 96 valence electrons. The summed E-state index contributed by atoms with van der Waals surface area (Å²) in [5.74, 6) is 0.924. The molecule has 2 N–H and O–H groups in total. The van der Waals surface area contributed by atoms with E-state index in [0.717, 1.165) is 24.5 Å². The molecule has 0 aliphatic rings. The highest BCUT2D eigenvalue weighted by molar-refractivity contribution is 5.17. The zero-order valence-electron chi connectivity index (χ0n) is 10.9. The van der Waals surface area contributed by atoms with Crippen LogP contribution in [0.15, 0.2) is 24.7 Å². The first-order chi connectivity index (χ1) is 8.70. The third-order valence-corrected chi connectivity index (χ3v) is 2.85. The smallest absolute Gasteiger partial charge is 0.138 e. The summed E-state index contributed by atoms with van der Waals surface area (Å²) < 4.78 is 1.91. The van der Waals surface area contributed by atoms with Crippen LogP contribution in [-0.4, -0.2) is 19.7 Å². The maximum Gasteiger partial charge on any atom is 0.138 e. The minimum Gasteiger partial charge on any atom is -0.322 e. The standard InChI is InChI=1S/C13H19N5/c1-3-6-18-13(16-9-17-18)8-11(14)12-7-10(2)4-5-15-12/h4-5,7,9,11H,3,6,8,14H2,1-2H3. The highest BCUT2D eigenvalue weighted by Crippen LogP contribution is 2.13. The zero-order valence-corrected chi connectivity index (χ0v) is 10.9. The number of aromatic nitrogens is 4. The molecule has 0 bridgehead atoms. The molecular weight excluding hydrogens is 226 g/mol. The van der Waals surface area contributed by atoms with Gasteiger partial charge in [-0.15, -0.1) is 0 Å². The van der Waals surface area contributed by atoms with Gasteiger partial charge in [0, 0.05) is 19.2 Å². The van der Waals surface area contributed by atoms with Crippen molar-refractivity contribution in [3.8, 4) is 0 Å². The van der Waals surface area contributed by atoms with Crippen LogP contribution in [0, 0.1) is 6.92 Å². The second-order valence-corrected chi connectivity index (χ2v) is 4.47. The third kappa shape index (κ3) is 2.92. The van der Waals surface area contributed by atoms with E-state index in [4.69, 9.17) is 5.73 Å². The Kier molecular flexibility index (Phi) is 4.04. The summed E-state index contributed by atoms with van der Waals surface area (Å²) in [5.41, 5.74) is 8.25. The lowest BCUT2D eigenvalue weighted by molar-refractivity contribution is 0.545. The van der Waals surface area contributed by atoms with Gasteiger partial charge in [0.05, 0.1) is 11.7 Å². The Morgan fingerprint density at radius 1 is 1.39 bits per heavy atom. The second-order valence-electron chi connectivity index (χ2n) is 4.47. The van der Waals surface area contributed by atoms with Gasteiger partial charge in [-0.3, -0.25) is 9.67 Å². The van der Waals surface area contributed by atoms with Gasteiger partial charge < -0.3 is 5.73 Å². The fourth-order valence-electron chi connectivity index (χ4n) is 1.91. The van der Waals surface area contributed by atoms with E-state index in [-0.39, 0.29) is 6.04 Å². The predicted molar refractivity (Wildman–Crippen MR) is 69.9 cm³/mol. The predicted octanol–water partition coefficient (Wildman–Crippen LogP) is 1.63. The van der Waals surface area contributed by atoms with Crippen molar-refractivity contribution in [2.24, 2.45) is 5.73 Å². The molecule has 18 heavy (non-hydrogen) atoms. The van der Waals surface area contributed by atoms with Crippen molar-refractivity contribution in [2.75, 3.05) is 0 Å². The van der Waals surface area contributed by atoms with Crippen molar-refractivity contribution in [1.29, 1.82) is 0 Å². The lowest BCUT2D eigenvalue weighted by atomic mass is 10.1. The minimum atomic E-state index is -0.135. The van der Waals surface area contributed by atoms with Crippen LogP contribution in [0.3, 0.4) is 0 Å². The Balaban J connectivity index is 2.11. The Hall–Kier alpha value is -1.75. The fraction of sp³-hybridized carbons (Fsp3) is 0.462. The lowest BCUT2D eigenvalue weighted by Gasteiger charge is -2.11. The Morgan fingerprint density at radius 2 is 2.22 bits per heavy atom. The second kappa shape index (κ2) is 5.73. The van der Waals surface area contributed by atoms with Crippen molar-refractivity contribution in [2.45, 2.75) is 39.3 Å². The van der Waals surface area contributed by atoms with E-state index in [1.165, 1.54) is 5.56 Å². The van der Waals surface area contributed by atoms with Crippen LogP contribution in [0.25, 0.3) is 0 Å². The number of hydrogen-bond acceptors (Lipinski definition) is 4. The van der Waals surface area contributed by atoms with Gasteiger partial charge in [0.1, 0.15) is 12.2 Å². The van der Waals surface area contributed by atoms with Crippen molar-refractivity contribution in [1.82, 2.24) is 19.7 Å². The van der Waals surface area contributed by atoms with Crippen LogP contribution in [0.5, 0.6) is 0 Å². The normalized spacial score (nSPS) is 12.6. The van der Waals surface area contributed by atoms with E-state index in [9.17, 15) is 0 Å². The molecule has 0 amide bonds.